The second-order valence-electron chi connectivity index (χ2n) is 8.88. The number of carbonyl (C=O) groups is 2. The molecule has 3 saturated carbocycles. The van der Waals surface area contributed by atoms with Gasteiger partial charge < -0.3 is 10.2 Å². The summed E-state index contributed by atoms with van der Waals surface area (Å²) >= 11 is 0. The van der Waals surface area contributed by atoms with Crippen LogP contribution in [0.15, 0.2) is 11.6 Å². The molecule has 0 radical (unpaired) electrons. The molecule has 24 heavy (non-hydrogen) atoms. The van der Waals surface area contributed by atoms with Crippen molar-refractivity contribution in [2.75, 3.05) is 6.61 Å². The molecule has 0 bridgehead atoms. The zero-order valence-corrected chi connectivity index (χ0v) is 14.5. The second kappa shape index (κ2) is 5.42. The molecule has 4 aliphatic rings. The average molecular weight is 332 g/mol. The number of carboxylic acid groups (broad SMARTS) is 1. The van der Waals surface area contributed by atoms with E-state index in [1.807, 2.05) is 6.08 Å². The van der Waals surface area contributed by atoms with Crippen LogP contribution in [0.25, 0.3) is 0 Å². The van der Waals surface area contributed by atoms with E-state index in [1.165, 1.54) is 5.57 Å². The van der Waals surface area contributed by atoms with Crippen molar-refractivity contribution in [1.29, 1.82) is 0 Å². The predicted molar refractivity (Wildman–Crippen MR) is 89.2 cm³/mol. The van der Waals surface area contributed by atoms with Crippen molar-refractivity contribution in [3.63, 3.8) is 0 Å². The van der Waals surface area contributed by atoms with Crippen LogP contribution in [0, 0.1) is 34.5 Å². The summed E-state index contributed by atoms with van der Waals surface area (Å²) in [6.45, 7) is 2.33. The van der Waals surface area contributed by atoms with Crippen molar-refractivity contribution in [2.24, 2.45) is 34.5 Å². The molecular weight excluding hydrogens is 304 g/mol. The van der Waals surface area contributed by atoms with Gasteiger partial charge in [0.25, 0.3) is 0 Å². The topological polar surface area (TPSA) is 74.6 Å². The van der Waals surface area contributed by atoms with Crippen molar-refractivity contribution in [2.45, 2.75) is 58.3 Å². The highest BCUT2D eigenvalue weighted by atomic mass is 16.4. The Labute approximate surface area is 143 Å². The summed E-state index contributed by atoms with van der Waals surface area (Å²) in [7, 11) is 0. The van der Waals surface area contributed by atoms with Crippen molar-refractivity contribution >= 4 is 11.8 Å². The number of aliphatic hydroxyl groups excluding tert-OH is 1. The van der Waals surface area contributed by atoms with Gasteiger partial charge in [0.05, 0.1) is 12.5 Å². The SMILES string of the molecule is C[C@@]12CC[C@@H]3[C@H](CCC4=CC(=O)CC[C@@]43CO)[C@H]1CC[C@H]2C(=O)O. The van der Waals surface area contributed by atoms with E-state index in [2.05, 4.69) is 6.92 Å². The Morgan fingerprint density at radius 3 is 2.67 bits per heavy atom. The van der Waals surface area contributed by atoms with Gasteiger partial charge in [-0.05, 0) is 74.2 Å². The Balaban J connectivity index is 1.69. The highest BCUT2D eigenvalue weighted by Crippen LogP contribution is 2.66. The van der Waals surface area contributed by atoms with Crippen LogP contribution >= 0.6 is 0 Å². The minimum atomic E-state index is -0.630. The summed E-state index contributed by atoms with van der Waals surface area (Å²) in [5.74, 6) is 0.750. The smallest absolute Gasteiger partial charge is 0.307 e. The Morgan fingerprint density at radius 2 is 1.96 bits per heavy atom. The zero-order chi connectivity index (χ0) is 17.1. The molecule has 0 aromatic carbocycles. The molecule has 0 heterocycles. The highest BCUT2D eigenvalue weighted by Gasteiger charge is 2.61. The summed E-state index contributed by atoms with van der Waals surface area (Å²) in [5, 5.41) is 19.9. The lowest BCUT2D eigenvalue weighted by molar-refractivity contribution is -0.150. The van der Waals surface area contributed by atoms with Gasteiger partial charge in [-0.2, -0.15) is 0 Å². The van der Waals surface area contributed by atoms with Crippen LogP contribution in [0.3, 0.4) is 0 Å². The summed E-state index contributed by atoms with van der Waals surface area (Å²) in [5.41, 5.74) is 0.883. The van der Waals surface area contributed by atoms with Gasteiger partial charge in [-0.25, -0.2) is 0 Å². The van der Waals surface area contributed by atoms with Crippen LogP contribution in [-0.2, 0) is 9.59 Å². The molecule has 6 atom stereocenters. The number of rotatable bonds is 2. The summed E-state index contributed by atoms with van der Waals surface area (Å²) < 4.78 is 0. The molecule has 3 fully saturated rings. The third-order valence-corrected chi connectivity index (χ3v) is 8.27. The van der Waals surface area contributed by atoms with E-state index in [1.54, 1.807) is 0 Å². The van der Waals surface area contributed by atoms with Gasteiger partial charge in [-0.15, -0.1) is 0 Å². The summed E-state index contributed by atoms with van der Waals surface area (Å²) in [6.07, 6.45) is 8.84. The van der Waals surface area contributed by atoms with Crippen LogP contribution in [0.5, 0.6) is 0 Å². The highest BCUT2D eigenvalue weighted by molar-refractivity contribution is 5.91. The maximum absolute atomic E-state index is 11.9. The Morgan fingerprint density at radius 1 is 1.17 bits per heavy atom. The standard InChI is InChI=1S/C20H28O4/c1-19-8-7-16-14(15(19)4-5-17(19)18(23)24)3-2-12-10-13(22)6-9-20(12,16)11-21/h10,14-17,21H,2-9,11H2,1H3,(H,23,24)/t14-,15-,16-,17+,19-,20-/m1/s1. The second-order valence-corrected chi connectivity index (χ2v) is 8.88. The van der Waals surface area contributed by atoms with E-state index in [4.69, 9.17) is 0 Å². The number of ketones is 1. The van der Waals surface area contributed by atoms with E-state index >= 15 is 0 Å². The van der Waals surface area contributed by atoms with Crippen LogP contribution in [0.2, 0.25) is 0 Å². The van der Waals surface area contributed by atoms with Gasteiger partial charge in [0, 0.05) is 11.8 Å². The van der Waals surface area contributed by atoms with Gasteiger partial charge in [0.1, 0.15) is 0 Å². The first-order valence-corrected chi connectivity index (χ1v) is 9.50. The van der Waals surface area contributed by atoms with E-state index in [0.717, 1.165) is 44.9 Å². The average Bonchev–Trinajstić information content (AvgIpc) is 2.91. The van der Waals surface area contributed by atoms with E-state index in [-0.39, 0.29) is 29.1 Å². The first-order valence-electron chi connectivity index (χ1n) is 9.50. The molecular formula is C20H28O4. The normalized spacial score (nSPS) is 47.4. The van der Waals surface area contributed by atoms with Gasteiger partial charge >= 0.3 is 5.97 Å². The number of fused-ring (bicyclic) bond motifs is 5. The summed E-state index contributed by atoms with van der Waals surface area (Å²) in [4.78, 5) is 23.6. The van der Waals surface area contributed by atoms with Crippen LogP contribution in [0.4, 0.5) is 0 Å². The predicted octanol–water partition coefficient (Wildman–Crippen LogP) is 3.19. The molecule has 4 rings (SSSR count). The first kappa shape index (κ1) is 16.3. The maximum atomic E-state index is 11.9. The zero-order valence-electron chi connectivity index (χ0n) is 14.5. The molecule has 0 aliphatic heterocycles. The Hall–Kier alpha value is -1.16. The molecule has 4 aliphatic carbocycles. The Bertz CT molecular complexity index is 609. The number of hydrogen-bond acceptors (Lipinski definition) is 3. The molecule has 0 aromatic heterocycles. The molecule has 0 saturated heterocycles. The summed E-state index contributed by atoms with van der Waals surface area (Å²) in [6, 6.07) is 0. The monoisotopic (exact) mass is 332 g/mol. The van der Waals surface area contributed by atoms with Crippen LogP contribution < -0.4 is 0 Å². The van der Waals surface area contributed by atoms with Gasteiger partial charge in [-0.1, -0.05) is 12.5 Å². The molecule has 0 aromatic rings. The maximum Gasteiger partial charge on any atom is 0.307 e. The van der Waals surface area contributed by atoms with E-state index in [9.17, 15) is 19.8 Å². The lowest BCUT2D eigenvalue weighted by Crippen LogP contribution is -2.53. The van der Waals surface area contributed by atoms with Crippen molar-refractivity contribution in [3.8, 4) is 0 Å². The van der Waals surface area contributed by atoms with Gasteiger partial charge in [-0.3, -0.25) is 9.59 Å². The van der Waals surface area contributed by atoms with E-state index < -0.39 is 5.97 Å². The minimum absolute atomic E-state index is 0.0879. The lowest BCUT2D eigenvalue weighted by Gasteiger charge is -2.58. The number of carboxylic acids is 1. The fourth-order valence-electron chi connectivity index (χ4n) is 7.06. The largest absolute Gasteiger partial charge is 0.481 e. The van der Waals surface area contributed by atoms with Gasteiger partial charge in [0.2, 0.25) is 0 Å². The number of aliphatic carboxylic acids is 1. The minimum Gasteiger partial charge on any atom is -0.481 e. The van der Waals surface area contributed by atoms with Crippen molar-refractivity contribution in [3.05, 3.63) is 11.6 Å². The molecule has 2 N–H and O–H groups in total. The molecule has 4 nitrogen and oxygen atoms in total. The first-order chi connectivity index (χ1) is 11.4. The van der Waals surface area contributed by atoms with Crippen LogP contribution in [0.1, 0.15) is 58.3 Å². The van der Waals surface area contributed by atoms with Crippen molar-refractivity contribution < 1.29 is 19.8 Å². The van der Waals surface area contributed by atoms with Crippen molar-refractivity contribution in [1.82, 2.24) is 0 Å². The molecule has 132 valence electrons. The van der Waals surface area contributed by atoms with Gasteiger partial charge in [0.15, 0.2) is 5.78 Å². The molecule has 0 amide bonds. The fraction of sp³-hybridized carbons (Fsp3) is 0.800. The van der Waals surface area contributed by atoms with E-state index in [0.29, 0.717) is 24.2 Å². The third kappa shape index (κ3) is 2.01. The third-order valence-electron chi connectivity index (χ3n) is 8.27. The molecule has 0 spiro atoms. The number of aliphatic hydroxyl groups is 1. The quantitative estimate of drug-likeness (QED) is 0.814. The molecule has 0 unspecified atom stereocenters. The lowest BCUT2D eigenvalue weighted by atomic mass is 9.46. The fourth-order valence-corrected chi connectivity index (χ4v) is 7.06. The number of hydrogen-bond donors (Lipinski definition) is 2. The molecule has 4 heteroatoms. The number of carbonyl (C=O) groups excluding carboxylic acids is 1. The Kier molecular flexibility index (Phi) is 3.68. The van der Waals surface area contributed by atoms with Crippen LogP contribution in [-0.4, -0.2) is 28.6 Å².